The smallest absolute Gasteiger partial charge is 0.306 e. The largest absolute Gasteiger partial charge is 0.323 e. The average molecular weight is 343 g/mol. The number of nitrogens with one attached hydrogen (secondary N) is 3. The van der Waals surface area contributed by atoms with Crippen molar-refractivity contribution in [1.29, 1.82) is 0 Å². The number of fused-ring (bicyclic) bond motifs is 2. The number of aromatic nitrogens is 2. The molecule has 1 heterocycles. The first-order chi connectivity index (χ1) is 11.5. The summed E-state index contributed by atoms with van der Waals surface area (Å²) >= 11 is 0. The Balaban J connectivity index is 1.56. The first-order valence-corrected chi connectivity index (χ1v) is 9.32. The third-order valence-corrected chi connectivity index (χ3v) is 5.83. The predicted octanol–water partition coefficient (Wildman–Crippen LogP) is 1.82. The Hall–Kier alpha value is -2.38. The van der Waals surface area contributed by atoms with Gasteiger partial charge in [-0.2, -0.15) is 0 Å². The van der Waals surface area contributed by atoms with Crippen LogP contribution in [0.4, 0.5) is 0 Å². The van der Waals surface area contributed by atoms with Gasteiger partial charge in [0.2, 0.25) is 10.0 Å². The van der Waals surface area contributed by atoms with Gasteiger partial charge in [-0.25, -0.2) is 17.9 Å². The van der Waals surface area contributed by atoms with E-state index in [9.17, 15) is 13.2 Å². The summed E-state index contributed by atoms with van der Waals surface area (Å²) in [6.07, 6.45) is 3.34. The zero-order chi connectivity index (χ0) is 16.7. The zero-order valence-corrected chi connectivity index (χ0v) is 13.7. The van der Waals surface area contributed by atoms with Crippen LogP contribution in [0.5, 0.6) is 0 Å². The molecule has 2 aromatic carbocycles. The Morgan fingerprint density at radius 3 is 2.62 bits per heavy atom. The van der Waals surface area contributed by atoms with Crippen LogP contribution in [0, 0.1) is 0 Å². The molecule has 3 aromatic rings. The van der Waals surface area contributed by atoms with Crippen molar-refractivity contribution in [3.63, 3.8) is 0 Å². The van der Waals surface area contributed by atoms with Gasteiger partial charge in [0.1, 0.15) is 0 Å². The van der Waals surface area contributed by atoms with E-state index in [1.54, 1.807) is 6.07 Å². The van der Waals surface area contributed by atoms with Crippen molar-refractivity contribution in [2.45, 2.75) is 30.7 Å². The standard InChI is InChI=1S/C17H17N3O3S/c21-17-19-15-7-6-14(9-16(15)20-17)24(22,23)18-10-11-4-5-12-2-1-3-13(12)8-11/h4-9,18H,1-3,10H2,(H2,19,20,21). The molecule has 0 atom stereocenters. The van der Waals surface area contributed by atoms with E-state index in [0.717, 1.165) is 18.4 Å². The molecule has 1 aliphatic carbocycles. The fourth-order valence-corrected chi connectivity index (χ4v) is 4.22. The molecular weight excluding hydrogens is 326 g/mol. The van der Waals surface area contributed by atoms with Crippen molar-refractivity contribution in [2.24, 2.45) is 0 Å². The van der Waals surface area contributed by atoms with E-state index in [-0.39, 0.29) is 17.1 Å². The molecule has 4 rings (SSSR count). The summed E-state index contributed by atoms with van der Waals surface area (Å²) in [4.78, 5) is 16.6. The number of hydrogen-bond donors (Lipinski definition) is 3. The lowest BCUT2D eigenvalue weighted by Gasteiger charge is -2.08. The molecule has 0 aliphatic heterocycles. The molecule has 0 radical (unpaired) electrons. The Bertz CT molecular complexity index is 1080. The Kier molecular flexibility index (Phi) is 3.54. The van der Waals surface area contributed by atoms with Crippen LogP contribution in [0.1, 0.15) is 23.1 Å². The maximum atomic E-state index is 12.5. The van der Waals surface area contributed by atoms with Gasteiger partial charge in [0.15, 0.2) is 0 Å². The van der Waals surface area contributed by atoms with E-state index in [4.69, 9.17) is 0 Å². The average Bonchev–Trinajstić information content (AvgIpc) is 3.16. The second-order valence-corrected chi connectivity index (χ2v) is 7.83. The first kappa shape index (κ1) is 15.2. The van der Waals surface area contributed by atoms with E-state index >= 15 is 0 Å². The molecule has 0 fully saturated rings. The van der Waals surface area contributed by atoms with Crippen LogP contribution in [-0.4, -0.2) is 18.4 Å². The summed E-state index contributed by atoms with van der Waals surface area (Å²) in [6, 6.07) is 10.7. The topological polar surface area (TPSA) is 94.8 Å². The van der Waals surface area contributed by atoms with Crippen molar-refractivity contribution in [3.05, 3.63) is 63.6 Å². The molecule has 0 amide bonds. The number of hydrogen-bond acceptors (Lipinski definition) is 3. The third kappa shape index (κ3) is 2.76. The van der Waals surface area contributed by atoms with Gasteiger partial charge < -0.3 is 9.97 Å². The molecule has 0 unspecified atom stereocenters. The molecule has 1 aromatic heterocycles. The summed E-state index contributed by atoms with van der Waals surface area (Å²) in [5.41, 5.74) is 4.33. The number of H-pyrrole nitrogens is 2. The van der Waals surface area contributed by atoms with Crippen LogP contribution in [0.3, 0.4) is 0 Å². The summed E-state index contributed by atoms with van der Waals surface area (Å²) in [7, 11) is -3.64. The molecule has 3 N–H and O–H groups in total. The van der Waals surface area contributed by atoms with Gasteiger partial charge in [0, 0.05) is 6.54 Å². The van der Waals surface area contributed by atoms with Crippen molar-refractivity contribution in [1.82, 2.24) is 14.7 Å². The molecular formula is C17H17N3O3S. The summed E-state index contributed by atoms with van der Waals surface area (Å²) in [5, 5.41) is 0. The molecule has 7 heteroatoms. The van der Waals surface area contributed by atoms with Crippen molar-refractivity contribution >= 4 is 21.1 Å². The SMILES string of the molecule is O=c1[nH]c2ccc(S(=O)(=O)NCc3ccc4c(c3)CCC4)cc2[nH]1. The molecule has 124 valence electrons. The molecule has 24 heavy (non-hydrogen) atoms. The second-order valence-electron chi connectivity index (χ2n) is 6.07. The molecule has 6 nitrogen and oxygen atoms in total. The van der Waals surface area contributed by atoms with Crippen LogP contribution in [0.2, 0.25) is 0 Å². The molecule has 0 spiro atoms. The number of sulfonamides is 1. The minimum absolute atomic E-state index is 0.131. The van der Waals surface area contributed by atoms with Gasteiger partial charge in [-0.1, -0.05) is 18.2 Å². The molecule has 1 aliphatic rings. The van der Waals surface area contributed by atoms with Gasteiger partial charge in [-0.05, 0) is 54.2 Å². The number of benzene rings is 2. The minimum atomic E-state index is -3.64. The number of aryl methyl sites for hydroxylation is 2. The van der Waals surface area contributed by atoms with E-state index < -0.39 is 10.0 Å². The maximum absolute atomic E-state index is 12.5. The van der Waals surface area contributed by atoms with Gasteiger partial charge in [0.05, 0.1) is 15.9 Å². The lowest BCUT2D eigenvalue weighted by Crippen LogP contribution is -2.23. The lowest BCUT2D eigenvalue weighted by atomic mass is 10.1. The summed E-state index contributed by atoms with van der Waals surface area (Å²) in [5.74, 6) is 0. The summed E-state index contributed by atoms with van der Waals surface area (Å²) in [6.45, 7) is 0.247. The molecule has 0 saturated heterocycles. The van der Waals surface area contributed by atoms with Crippen LogP contribution in [0.25, 0.3) is 11.0 Å². The minimum Gasteiger partial charge on any atom is -0.306 e. The van der Waals surface area contributed by atoms with Crippen LogP contribution >= 0.6 is 0 Å². The van der Waals surface area contributed by atoms with Gasteiger partial charge in [-0.3, -0.25) is 0 Å². The fraction of sp³-hybridized carbons (Fsp3) is 0.235. The van der Waals surface area contributed by atoms with E-state index in [2.05, 4.69) is 26.8 Å². The molecule has 0 saturated carbocycles. The Labute approximate surface area is 139 Å². The third-order valence-electron chi connectivity index (χ3n) is 4.43. The Morgan fingerprint density at radius 2 is 1.75 bits per heavy atom. The molecule has 0 bridgehead atoms. The highest BCUT2D eigenvalue weighted by molar-refractivity contribution is 7.89. The lowest BCUT2D eigenvalue weighted by molar-refractivity contribution is 0.581. The predicted molar refractivity (Wildman–Crippen MR) is 91.4 cm³/mol. The van der Waals surface area contributed by atoms with Crippen LogP contribution in [-0.2, 0) is 29.4 Å². The first-order valence-electron chi connectivity index (χ1n) is 7.84. The monoisotopic (exact) mass is 343 g/mol. The van der Waals surface area contributed by atoms with E-state index in [1.807, 2.05) is 6.07 Å². The maximum Gasteiger partial charge on any atom is 0.323 e. The van der Waals surface area contributed by atoms with Gasteiger partial charge >= 0.3 is 5.69 Å². The van der Waals surface area contributed by atoms with Crippen molar-refractivity contribution in [3.8, 4) is 0 Å². The number of imidazole rings is 1. The number of rotatable bonds is 4. The van der Waals surface area contributed by atoms with Gasteiger partial charge in [-0.15, -0.1) is 0 Å². The quantitative estimate of drug-likeness (QED) is 0.674. The highest BCUT2D eigenvalue weighted by Gasteiger charge is 2.16. The highest BCUT2D eigenvalue weighted by atomic mass is 32.2. The fourth-order valence-electron chi connectivity index (χ4n) is 3.18. The second kappa shape index (κ2) is 5.61. The van der Waals surface area contributed by atoms with Crippen molar-refractivity contribution in [2.75, 3.05) is 0 Å². The zero-order valence-electron chi connectivity index (χ0n) is 12.9. The Morgan fingerprint density at radius 1 is 0.958 bits per heavy atom. The normalized spacial score (nSPS) is 14.2. The summed E-state index contributed by atoms with van der Waals surface area (Å²) < 4.78 is 27.6. The van der Waals surface area contributed by atoms with Crippen LogP contribution in [0.15, 0.2) is 46.1 Å². The highest BCUT2D eigenvalue weighted by Crippen LogP contribution is 2.23. The van der Waals surface area contributed by atoms with Crippen molar-refractivity contribution < 1.29 is 8.42 Å². The van der Waals surface area contributed by atoms with Crippen LogP contribution < -0.4 is 10.4 Å². The van der Waals surface area contributed by atoms with Gasteiger partial charge in [0.25, 0.3) is 0 Å². The number of aromatic amines is 2. The van der Waals surface area contributed by atoms with E-state index in [1.165, 1.54) is 29.7 Å². The van der Waals surface area contributed by atoms with E-state index in [0.29, 0.717) is 11.0 Å².